The number of aromatic nitrogens is 5. The van der Waals surface area contributed by atoms with Gasteiger partial charge in [0.15, 0.2) is 14.1 Å². The molecule has 16 heteroatoms. The highest BCUT2D eigenvalue weighted by atomic mass is 35.5. The number of nitrogens with zero attached hydrogens (tertiary/aromatic N) is 6. The molecule has 1 unspecified atom stereocenters. The molecule has 284 valence electrons. The first-order valence-electron chi connectivity index (χ1n) is 17.5. The Morgan fingerprint density at radius 3 is 2.48 bits per heavy atom. The van der Waals surface area contributed by atoms with Gasteiger partial charge >= 0.3 is 6.09 Å². The normalized spacial score (nSPS) is 14.8. The van der Waals surface area contributed by atoms with E-state index in [0.29, 0.717) is 73.4 Å². The predicted octanol–water partition coefficient (Wildman–Crippen LogP) is 7.42. The zero-order valence-electron chi connectivity index (χ0n) is 31.2. The van der Waals surface area contributed by atoms with E-state index in [0.717, 1.165) is 0 Å². The van der Waals surface area contributed by atoms with Crippen LogP contribution in [0.3, 0.4) is 0 Å². The van der Waals surface area contributed by atoms with Gasteiger partial charge in [0.25, 0.3) is 5.56 Å². The molecule has 1 aliphatic heterocycles. The number of ether oxygens (including phenoxy) is 1. The molecule has 2 amide bonds. The van der Waals surface area contributed by atoms with Gasteiger partial charge in [-0.2, -0.15) is 5.10 Å². The highest BCUT2D eigenvalue weighted by molar-refractivity contribution is 6.74. The SMILES string of the molecule is COc1nc(-c2cccc(-c3ccnc(-c4cc5c(=O)n(C)c(CO[Si](C)(C)C(C)(C)C)nn5c4)c3Cl)c2Cl)ccc1CN(CC1CCC(=O)N1)C(=O)O. The predicted molar refractivity (Wildman–Crippen MR) is 210 cm³/mol. The third-order valence-corrected chi connectivity index (χ3v) is 15.6. The van der Waals surface area contributed by atoms with E-state index in [-0.39, 0.29) is 48.1 Å². The average molecular weight is 793 g/mol. The number of amides is 2. The van der Waals surface area contributed by atoms with Crippen LogP contribution in [-0.2, 0) is 29.4 Å². The summed E-state index contributed by atoms with van der Waals surface area (Å²) in [7, 11) is 1.07. The monoisotopic (exact) mass is 791 g/mol. The molecule has 0 spiro atoms. The van der Waals surface area contributed by atoms with Crippen molar-refractivity contribution in [3.05, 3.63) is 86.6 Å². The number of halogens is 2. The highest BCUT2D eigenvalue weighted by Gasteiger charge is 2.37. The number of carbonyl (C=O) groups is 2. The van der Waals surface area contributed by atoms with Crippen molar-refractivity contribution in [2.24, 2.45) is 7.05 Å². The van der Waals surface area contributed by atoms with Crippen molar-refractivity contribution < 1.29 is 23.9 Å². The van der Waals surface area contributed by atoms with E-state index >= 15 is 0 Å². The van der Waals surface area contributed by atoms with Crippen LogP contribution in [0.5, 0.6) is 5.88 Å². The maximum atomic E-state index is 13.5. The maximum absolute atomic E-state index is 13.5. The van der Waals surface area contributed by atoms with Crippen molar-refractivity contribution in [2.75, 3.05) is 13.7 Å². The molecular weight excluding hydrogens is 749 g/mol. The van der Waals surface area contributed by atoms with Gasteiger partial charge in [0.1, 0.15) is 5.52 Å². The molecule has 13 nitrogen and oxygen atoms in total. The standard InChI is InChI=1S/C38H43Cl2N7O6Si/c1-38(2,3)54(6,7)53-21-30-44-47-19-23(17-29(47)36(49)45(30)4)34-33(40)26(15-16-41-34)25-9-8-10-27(32(25)39)28-13-11-22(35(43-28)52-5)18-46(37(50)51)20-24-12-14-31(48)42-24/h8-11,13,15-17,19,24H,12,14,18,20-21H2,1-7H3,(H,42,48)(H,50,51). The number of hydrogen-bond donors (Lipinski definition) is 2. The Kier molecular flexibility index (Phi) is 10.9. The number of fused-ring (bicyclic) bond motifs is 1. The summed E-state index contributed by atoms with van der Waals surface area (Å²) in [4.78, 5) is 47.7. The first-order valence-corrected chi connectivity index (χ1v) is 21.1. The number of nitrogens with one attached hydrogen (secondary N) is 1. The molecule has 0 saturated carbocycles. The second kappa shape index (κ2) is 15.2. The van der Waals surface area contributed by atoms with Crippen molar-refractivity contribution in [1.29, 1.82) is 0 Å². The Morgan fingerprint density at radius 1 is 1.09 bits per heavy atom. The molecule has 1 aliphatic rings. The second-order valence-corrected chi connectivity index (χ2v) is 20.5. The van der Waals surface area contributed by atoms with Crippen molar-refractivity contribution in [2.45, 2.75) is 70.9 Å². The lowest BCUT2D eigenvalue weighted by Gasteiger charge is -2.36. The molecule has 1 atom stereocenters. The van der Waals surface area contributed by atoms with Gasteiger partial charge in [-0.25, -0.2) is 14.3 Å². The van der Waals surface area contributed by atoms with Crippen molar-refractivity contribution in [3.8, 4) is 39.5 Å². The topological polar surface area (TPSA) is 153 Å². The maximum Gasteiger partial charge on any atom is 0.407 e. The Balaban J connectivity index is 1.30. The van der Waals surface area contributed by atoms with Crippen LogP contribution in [0.4, 0.5) is 4.79 Å². The highest BCUT2D eigenvalue weighted by Crippen LogP contribution is 2.42. The molecule has 54 heavy (non-hydrogen) atoms. The number of carboxylic acid groups (broad SMARTS) is 1. The molecule has 6 rings (SSSR count). The summed E-state index contributed by atoms with van der Waals surface area (Å²) in [5.74, 6) is 0.667. The van der Waals surface area contributed by atoms with E-state index in [2.05, 4.69) is 44.2 Å². The fraction of sp³-hybridized carbons (Fsp3) is 0.368. The lowest BCUT2D eigenvalue weighted by atomic mass is 10.00. The minimum atomic E-state index is -2.09. The lowest BCUT2D eigenvalue weighted by molar-refractivity contribution is -0.119. The van der Waals surface area contributed by atoms with Gasteiger partial charge in [-0.1, -0.05) is 62.2 Å². The van der Waals surface area contributed by atoms with Crippen LogP contribution in [0.1, 0.15) is 45.0 Å². The molecular formula is C38H43Cl2N7O6Si. The molecule has 1 fully saturated rings. The summed E-state index contributed by atoms with van der Waals surface area (Å²) in [5.41, 5.74) is 4.12. The average Bonchev–Trinajstić information content (AvgIpc) is 3.74. The zero-order valence-corrected chi connectivity index (χ0v) is 33.7. The van der Waals surface area contributed by atoms with Crippen LogP contribution in [0.25, 0.3) is 39.2 Å². The van der Waals surface area contributed by atoms with Gasteiger partial charge < -0.3 is 24.5 Å². The quantitative estimate of drug-likeness (QED) is 0.130. The number of carbonyl (C=O) groups excluding carboxylic acids is 1. The van der Waals surface area contributed by atoms with E-state index in [1.54, 1.807) is 48.2 Å². The Bertz CT molecular complexity index is 2320. The van der Waals surface area contributed by atoms with Crippen LogP contribution in [0.15, 0.2) is 59.7 Å². The molecule has 4 aromatic heterocycles. The molecule has 2 N–H and O–H groups in total. The zero-order chi connectivity index (χ0) is 39.1. The van der Waals surface area contributed by atoms with Gasteiger partial charge in [0.2, 0.25) is 11.8 Å². The molecule has 1 aromatic carbocycles. The van der Waals surface area contributed by atoms with Gasteiger partial charge in [-0.15, -0.1) is 0 Å². The molecule has 0 bridgehead atoms. The largest absolute Gasteiger partial charge is 0.481 e. The Hall–Kier alpha value is -4.76. The van der Waals surface area contributed by atoms with E-state index in [1.165, 1.54) is 16.6 Å². The van der Waals surface area contributed by atoms with Gasteiger partial charge in [0.05, 0.1) is 41.7 Å². The molecule has 0 aliphatic carbocycles. The van der Waals surface area contributed by atoms with Gasteiger partial charge in [-0.05, 0) is 48.8 Å². The molecule has 1 saturated heterocycles. The molecule has 0 radical (unpaired) electrons. The summed E-state index contributed by atoms with van der Waals surface area (Å²) >= 11 is 14.1. The van der Waals surface area contributed by atoms with Crippen LogP contribution < -0.4 is 15.6 Å². The van der Waals surface area contributed by atoms with E-state index in [4.69, 9.17) is 42.4 Å². The summed E-state index contributed by atoms with van der Waals surface area (Å²) in [5, 5.41) is 18.1. The van der Waals surface area contributed by atoms with Crippen molar-refractivity contribution in [1.82, 2.24) is 34.4 Å². The van der Waals surface area contributed by atoms with Gasteiger partial charge in [-0.3, -0.25) is 19.1 Å². The Morgan fingerprint density at radius 2 is 1.81 bits per heavy atom. The van der Waals surface area contributed by atoms with Crippen LogP contribution in [0.2, 0.25) is 28.2 Å². The molecule has 5 heterocycles. The minimum Gasteiger partial charge on any atom is -0.481 e. The van der Waals surface area contributed by atoms with Gasteiger partial charge in [0, 0.05) is 66.3 Å². The smallest absolute Gasteiger partial charge is 0.407 e. The fourth-order valence-corrected chi connectivity index (χ4v) is 7.67. The fourth-order valence-electron chi connectivity index (χ4n) is 6.09. The van der Waals surface area contributed by atoms with Crippen LogP contribution in [-0.4, -0.2) is 74.2 Å². The summed E-state index contributed by atoms with van der Waals surface area (Å²) in [6.07, 6.45) is 3.20. The number of rotatable bonds is 11. The first-order chi connectivity index (χ1) is 25.5. The van der Waals surface area contributed by atoms with Crippen LogP contribution >= 0.6 is 23.2 Å². The van der Waals surface area contributed by atoms with Crippen molar-refractivity contribution >= 4 is 49.0 Å². The summed E-state index contributed by atoms with van der Waals surface area (Å²) < 4.78 is 15.0. The second-order valence-electron chi connectivity index (χ2n) is 14.9. The third kappa shape index (κ3) is 7.74. The number of pyridine rings is 2. The first kappa shape index (κ1) is 38.9. The number of benzene rings is 1. The Labute approximate surface area is 324 Å². The third-order valence-electron chi connectivity index (χ3n) is 10.3. The molecule has 5 aromatic rings. The van der Waals surface area contributed by atoms with E-state index in [1.807, 2.05) is 18.2 Å². The number of methoxy groups -OCH3 is 1. The summed E-state index contributed by atoms with van der Waals surface area (Å²) in [6.45, 7) is 11.2. The summed E-state index contributed by atoms with van der Waals surface area (Å²) in [6, 6.07) is 12.3. The lowest BCUT2D eigenvalue weighted by Crippen LogP contribution is -2.41. The van der Waals surface area contributed by atoms with E-state index in [9.17, 15) is 19.5 Å². The van der Waals surface area contributed by atoms with Crippen LogP contribution in [0, 0.1) is 0 Å². The van der Waals surface area contributed by atoms with E-state index < -0.39 is 14.4 Å². The number of hydrogen-bond acceptors (Lipinski definition) is 8. The minimum absolute atomic E-state index is 0.00364. The van der Waals surface area contributed by atoms with Crippen molar-refractivity contribution in [3.63, 3.8) is 0 Å².